The van der Waals surface area contributed by atoms with E-state index in [4.69, 9.17) is 5.73 Å². The van der Waals surface area contributed by atoms with E-state index in [0.717, 1.165) is 12.0 Å². The molecular formula is C14H22N2O. The van der Waals surface area contributed by atoms with Crippen LogP contribution in [0.2, 0.25) is 0 Å². The van der Waals surface area contributed by atoms with Gasteiger partial charge in [0.05, 0.1) is 0 Å². The summed E-state index contributed by atoms with van der Waals surface area (Å²) in [7, 11) is 0. The van der Waals surface area contributed by atoms with Crippen LogP contribution in [0.3, 0.4) is 0 Å². The molecule has 0 aliphatic carbocycles. The first-order chi connectivity index (χ1) is 7.93. The summed E-state index contributed by atoms with van der Waals surface area (Å²) in [6.07, 6.45) is 0.897. The second-order valence-corrected chi connectivity index (χ2v) is 5.29. The van der Waals surface area contributed by atoms with Crippen molar-refractivity contribution < 1.29 is 4.79 Å². The lowest BCUT2D eigenvalue weighted by Crippen LogP contribution is -2.34. The third-order valence-corrected chi connectivity index (χ3v) is 2.59. The molecule has 0 unspecified atom stereocenters. The summed E-state index contributed by atoms with van der Waals surface area (Å²) in [5.74, 6) is 0.0727. The van der Waals surface area contributed by atoms with E-state index < -0.39 is 0 Å². The van der Waals surface area contributed by atoms with Crippen LogP contribution in [-0.4, -0.2) is 12.5 Å². The Kier molecular flexibility index (Phi) is 4.70. The van der Waals surface area contributed by atoms with Gasteiger partial charge in [-0.15, -0.1) is 0 Å². The molecule has 0 radical (unpaired) electrons. The van der Waals surface area contributed by atoms with E-state index in [2.05, 4.69) is 17.4 Å². The van der Waals surface area contributed by atoms with Crippen LogP contribution in [0.25, 0.3) is 0 Å². The van der Waals surface area contributed by atoms with Crippen LogP contribution in [-0.2, 0) is 17.8 Å². The Bertz CT molecular complexity index is 363. The molecule has 0 atom stereocenters. The van der Waals surface area contributed by atoms with Gasteiger partial charge in [0.1, 0.15) is 0 Å². The highest BCUT2D eigenvalue weighted by atomic mass is 16.2. The van der Waals surface area contributed by atoms with Crippen LogP contribution in [0.4, 0.5) is 0 Å². The molecule has 0 spiro atoms. The third-order valence-electron chi connectivity index (χ3n) is 2.59. The molecule has 0 fully saturated rings. The van der Waals surface area contributed by atoms with Crippen molar-refractivity contribution in [1.29, 1.82) is 0 Å². The summed E-state index contributed by atoms with van der Waals surface area (Å²) in [5, 5.41) is 2.93. The molecule has 3 nitrogen and oxygen atoms in total. The SMILES string of the molecule is CC(C)(C)C(=O)NCc1ccc(CCN)cc1. The van der Waals surface area contributed by atoms with Crippen molar-refractivity contribution in [3.8, 4) is 0 Å². The molecule has 1 rings (SSSR count). The van der Waals surface area contributed by atoms with Gasteiger partial charge in [0.25, 0.3) is 0 Å². The molecule has 3 N–H and O–H groups in total. The molecule has 0 saturated heterocycles. The summed E-state index contributed by atoms with van der Waals surface area (Å²) < 4.78 is 0. The number of hydrogen-bond donors (Lipinski definition) is 2. The highest BCUT2D eigenvalue weighted by Crippen LogP contribution is 2.13. The molecule has 1 aromatic carbocycles. The monoisotopic (exact) mass is 234 g/mol. The Morgan fingerprint density at radius 1 is 1.18 bits per heavy atom. The fraction of sp³-hybridized carbons (Fsp3) is 0.500. The summed E-state index contributed by atoms with van der Waals surface area (Å²) >= 11 is 0. The predicted molar refractivity (Wildman–Crippen MR) is 70.5 cm³/mol. The van der Waals surface area contributed by atoms with Crippen molar-refractivity contribution in [2.24, 2.45) is 11.1 Å². The number of carbonyl (C=O) groups is 1. The minimum Gasteiger partial charge on any atom is -0.352 e. The lowest BCUT2D eigenvalue weighted by molar-refractivity contribution is -0.128. The van der Waals surface area contributed by atoms with Gasteiger partial charge in [-0.25, -0.2) is 0 Å². The van der Waals surface area contributed by atoms with E-state index in [9.17, 15) is 4.79 Å². The van der Waals surface area contributed by atoms with Crippen LogP contribution in [0.15, 0.2) is 24.3 Å². The Balaban J connectivity index is 2.50. The molecule has 94 valence electrons. The zero-order valence-corrected chi connectivity index (χ0v) is 10.9. The van der Waals surface area contributed by atoms with E-state index in [1.54, 1.807) is 0 Å². The number of nitrogens with two attached hydrogens (primary N) is 1. The number of amides is 1. The molecule has 0 aromatic heterocycles. The molecule has 0 aliphatic heterocycles. The molecule has 0 aliphatic rings. The normalized spacial score (nSPS) is 11.3. The fourth-order valence-electron chi connectivity index (χ4n) is 1.44. The third kappa shape index (κ3) is 4.57. The highest BCUT2D eigenvalue weighted by Gasteiger charge is 2.20. The van der Waals surface area contributed by atoms with E-state index >= 15 is 0 Å². The van der Waals surface area contributed by atoms with Crippen LogP contribution in [0, 0.1) is 5.41 Å². The minimum absolute atomic E-state index is 0.0727. The average molecular weight is 234 g/mol. The molecule has 1 amide bonds. The number of hydrogen-bond acceptors (Lipinski definition) is 2. The number of benzene rings is 1. The van der Waals surface area contributed by atoms with Gasteiger partial charge in [0.15, 0.2) is 0 Å². The predicted octanol–water partition coefficient (Wildman–Crippen LogP) is 1.85. The molecule has 3 heteroatoms. The zero-order valence-electron chi connectivity index (χ0n) is 10.9. The standard InChI is InChI=1S/C14H22N2O/c1-14(2,3)13(17)16-10-12-6-4-11(5-7-12)8-9-15/h4-7H,8-10,15H2,1-3H3,(H,16,17). The van der Waals surface area contributed by atoms with Gasteiger partial charge in [0, 0.05) is 12.0 Å². The number of nitrogens with one attached hydrogen (secondary N) is 1. The summed E-state index contributed by atoms with van der Waals surface area (Å²) in [5.41, 5.74) is 7.50. The first-order valence-corrected chi connectivity index (χ1v) is 5.99. The smallest absolute Gasteiger partial charge is 0.225 e. The van der Waals surface area contributed by atoms with Crippen molar-refractivity contribution in [3.05, 3.63) is 35.4 Å². The van der Waals surface area contributed by atoms with Crippen LogP contribution in [0.5, 0.6) is 0 Å². The first kappa shape index (κ1) is 13.7. The number of carbonyl (C=O) groups excluding carboxylic acids is 1. The molecule has 0 saturated carbocycles. The van der Waals surface area contributed by atoms with Gasteiger partial charge in [0.2, 0.25) is 5.91 Å². The summed E-state index contributed by atoms with van der Waals surface area (Å²) in [4.78, 5) is 11.7. The Hall–Kier alpha value is -1.35. The van der Waals surface area contributed by atoms with E-state index in [1.165, 1.54) is 5.56 Å². The van der Waals surface area contributed by atoms with Gasteiger partial charge >= 0.3 is 0 Å². The Morgan fingerprint density at radius 2 is 1.71 bits per heavy atom. The van der Waals surface area contributed by atoms with E-state index in [1.807, 2.05) is 32.9 Å². The van der Waals surface area contributed by atoms with Gasteiger partial charge in [-0.05, 0) is 24.1 Å². The second kappa shape index (κ2) is 5.82. The second-order valence-electron chi connectivity index (χ2n) is 5.29. The van der Waals surface area contributed by atoms with Crippen molar-refractivity contribution >= 4 is 5.91 Å². The van der Waals surface area contributed by atoms with E-state index in [0.29, 0.717) is 13.1 Å². The number of rotatable bonds is 4. The van der Waals surface area contributed by atoms with Crippen molar-refractivity contribution in [3.63, 3.8) is 0 Å². The van der Waals surface area contributed by atoms with Crippen molar-refractivity contribution in [1.82, 2.24) is 5.32 Å². The zero-order chi connectivity index (χ0) is 12.9. The summed E-state index contributed by atoms with van der Waals surface area (Å²) in [6.45, 7) is 6.98. The van der Waals surface area contributed by atoms with Crippen LogP contribution in [0.1, 0.15) is 31.9 Å². The highest BCUT2D eigenvalue weighted by molar-refractivity contribution is 5.81. The van der Waals surface area contributed by atoms with Gasteiger partial charge in [-0.3, -0.25) is 4.79 Å². The van der Waals surface area contributed by atoms with Crippen molar-refractivity contribution in [2.75, 3.05) is 6.54 Å². The van der Waals surface area contributed by atoms with Crippen molar-refractivity contribution in [2.45, 2.75) is 33.7 Å². The quantitative estimate of drug-likeness (QED) is 0.835. The molecule has 0 heterocycles. The lowest BCUT2D eigenvalue weighted by Gasteiger charge is -2.17. The fourth-order valence-corrected chi connectivity index (χ4v) is 1.44. The Labute approximate surface area is 103 Å². The maximum absolute atomic E-state index is 11.7. The molecule has 1 aromatic rings. The van der Waals surface area contributed by atoms with Gasteiger partial charge in [-0.1, -0.05) is 45.0 Å². The topological polar surface area (TPSA) is 55.1 Å². The maximum atomic E-state index is 11.7. The molecule has 0 bridgehead atoms. The van der Waals surface area contributed by atoms with Gasteiger partial charge in [-0.2, -0.15) is 0 Å². The molecule has 17 heavy (non-hydrogen) atoms. The maximum Gasteiger partial charge on any atom is 0.225 e. The van der Waals surface area contributed by atoms with E-state index in [-0.39, 0.29) is 11.3 Å². The first-order valence-electron chi connectivity index (χ1n) is 5.99. The van der Waals surface area contributed by atoms with Gasteiger partial charge < -0.3 is 11.1 Å². The average Bonchev–Trinajstić information content (AvgIpc) is 2.27. The largest absolute Gasteiger partial charge is 0.352 e. The van der Waals surface area contributed by atoms with Crippen LogP contribution >= 0.6 is 0 Å². The summed E-state index contributed by atoms with van der Waals surface area (Å²) in [6, 6.07) is 8.19. The van der Waals surface area contributed by atoms with Crippen LogP contribution < -0.4 is 11.1 Å². The lowest BCUT2D eigenvalue weighted by atomic mass is 9.95. The minimum atomic E-state index is -0.334. The Morgan fingerprint density at radius 3 is 2.18 bits per heavy atom. The molecular weight excluding hydrogens is 212 g/mol.